The number of alkyl carbamates (subject to hydrolysis) is 1. The van der Waals surface area contributed by atoms with E-state index in [0.29, 0.717) is 12.8 Å². The summed E-state index contributed by atoms with van der Waals surface area (Å²) in [5, 5.41) is 14.4. The average molecular weight is 345 g/mol. The van der Waals surface area contributed by atoms with Gasteiger partial charge in [-0.05, 0) is 24.3 Å². The van der Waals surface area contributed by atoms with Gasteiger partial charge in [0, 0.05) is 0 Å². The standard InChI is InChI=1S/C19H27N3O3/c1-4-8-16(12-20)21-18(23)17(11-14(2)3)22-19(24)25-13-15-9-6-5-7-10-15/h5-7,9-10,14,16-17H,4,8,11,13H2,1-3H3,(H,21,23)(H,22,24)/t16?,17-/m0/s1. The zero-order chi connectivity index (χ0) is 18.7. The molecular formula is C19H27N3O3. The third kappa shape index (κ3) is 8.20. The molecule has 0 fully saturated rings. The first-order valence-corrected chi connectivity index (χ1v) is 8.63. The molecule has 0 spiro atoms. The SMILES string of the molecule is CCCC(C#N)NC(=O)[C@H](CC(C)C)NC(=O)OCc1ccccc1. The molecule has 6 heteroatoms. The van der Waals surface area contributed by atoms with E-state index in [1.54, 1.807) is 0 Å². The van der Waals surface area contributed by atoms with Gasteiger partial charge >= 0.3 is 6.09 Å². The first kappa shape index (κ1) is 20.5. The molecular weight excluding hydrogens is 318 g/mol. The third-order valence-corrected chi connectivity index (χ3v) is 3.58. The lowest BCUT2D eigenvalue weighted by Crippen LogP contribution is -2.50. The van der Waals surface area contributed by atoms with Crippen LogP contribution in [0.1, 0.15) is 45.6 Å². The van der Waals surface area contributed by atoms with Crippen LogP contribution >= 0.6 is 0 Å². The van der Waals surface area contributed by atoms with Gasteiger partial charge in [0.15, 0.2) is 0 Å². The molecule has 1 aromatic carbocycles. The Hall–Kier alpha value is -2.55. The molecule has 0 saturated carbocycles. The number of carbonyl (C=O) groups excluding carboxylic acids is 2. The second-order valence-corrected chi connectivity index (χ2v) is 6.37. The van der Waals surface area contributed by atoms with Crippen LogP contribution in [0.4, 0.5) is 4.79 Å². The summed E-state index contributed by atoms with van der Waals surface area (Å²) in [5.41, 5.74) is 0.870. The van der Waals surface area contributed by atoms with E-state index in [1.807, 2.05) is 51.1 Å². The fourth-order valence-corrected chi connectivity index (χ4v) is 2.34. The van der Waals surface area contributed by atoms with Crippen molar-refractivity contribution >= 4 is 12.0 Å². The minimum atomic E-state index is -0.726. The Morgan fingerprint density at radius 2 is 1.88 bits per heavy atom. The molecule has 0 heterocycles. The molecule has 0 aliphatic carbocycles. The van der Waals surface area contributed by atoms with Gasteiger partial charge in [-0.15, -0.1) is 0 Å². The summed E-state index contributed by atoms with van der Waals surface area (Å²) >= 11 is 0. The van der Waals surface area contributed by atoms with Gasteiger partial charge in [-0.2, -0.15) is 5.26 Å². The highest BCUT2D eigenvalue weighted by atomic mass is 16.5. The van der Waals surface area contributed by atoms with Crippen LogP contribution < -0.4 is 10.6 Å². The van der Waals surface area contributed by atoms with Gasteiger partial charge in [-0.25, -0.2) is 4.79 Å². The maximum absolute atomic E-state index is 12.4. The summed E-state index contributed by atoms with van der Waals surface area (Å²) in [7, 11) is 0. The molecule has 1 rings (SSSR count). The van der Waals surface area contributed by atoms with Crippen LogP contribution in [0.25, 0.3) is 0 Å². The first-order chi connectivity index (χ1) is 12.0. The summed E-state index contributed by atoms with van der Waals surface area (Å²) < 4.78 is 5.17. The number of rotatable bonds is 9. The molecule has 2 atom stereocenters. The van der Waals surface area contributed by atoms with Crippen molar-refractivity contribution in [1.29, 1.82) is 5.26 Å². The van der Waals surface area contributed by atoms with E-state index < -0.39 is 18.2 Å². The maximum Gasteiger partial charge on any atom is 0.408 e. The van der Waals surface area contributed by atoms with E-state index in [4.69, 9.17) is 10.00 Å². The topological polar surface area (TPSA) is 91.2 Å². The Kier molecular flexibility index (Phi) is 9.09. The predicted molar refractivity (Wildman–Crippen MR) is 95.5 cm³/mol. The molecule has 1 aromatic rings. The number of nitrogens with one attached hydrogen (secondary N) is 2. The van der Waals surface area contributed by atoms with Crippen molar-refractivity contribution in [3.63, 3.8) is 0 Å². The summed E-state index contributed by atoms with van der Waals surface area (Å²) in [6.07, 6.45) is 1.19. The lowest BCUT2D eigenvalue weighted by Gasteiger charge is -2.21. The van der Waals surface area contributed by atoms with E-state index in [1.165, 1.54) is 0 Å². The minimum Gasteiger partial charge on any atom is -0.445 e. The fourth-order valence-electron chi connectivity index (χ4n) is 2.34. The lowest BCUT2D eigenvalue weighted by atomic mass is 10.0. The number of hydrogen-bond donors (Lipinski definition) is 2. The van der Waals surface area contributed by atoms with Crippen LogP contribution in [-0.2, 0) is 16.1 Å². The Bertz CT molecular complexity index is 581. The van der Waals surface area contributed by atoms with E-state index in [2.05, 4.69) is 16.7 Å². The van der Waals surface area contributed by atoms with Gasteiger partial charge in [-0.3, -0.25) is 4.79 Å². The zero-order valence-electron chi connectivity index (χ0n) is 15.1. The normalized spacial score (nSPS) is 12.8. The summed E-state index contributed by atoms with van der Waals surface area (Å²) in [6.45, 7) is 6.01. The van der Waals surface area contributed by atoms with Crippen LogP contribution in [0.3, 0.4) is 0 Å². The lowest BCUT2D eigenvalue weighted by molar-refractivity contribution is -0.123. The Morgan fingerprint density at radius 1 is 1.20 bits per heavy atom. The smallest absolute Gasteiger partial charge is 0.408 e. The van der Waals surface area contributed by atoms with Gasteiger partial charge in [0.1, 0.15) is 18.7 Å². The predicted octanol–water partition coefficient (Wildman–Crippen LogP) is 3.14. The van der Waals surface area contributed by atoms with Crippen molar-refractivity contribution in [2.75, 3.05) is 0 Å². The molecule has 0 aliphatic rings. The molecule has 1 unspecified atom stereocenters. The fraction of sp³-hybridized carbons (Fsp3) is 0.526. The first-order valence-electron chi connectivity index (χ1n) is 8.63. The van der Waals surface area contributed by atoms with Crippen molar-refractivity contribution < 1.29 is 14.3 Å². The van der Waals surface area contributed by atoms with Gasteiger partial charge < -0.3 is 15.4 Å². The van der Waals surface area contributed by atoms with Gasteiger partial charge in [0.25, 0.3) is 0 Å². The molecule has 0 bridgehead atoms. The van der Waals surface area contributed by atoms with E-state index in [0.717, 1.165) is 12.0 Å². The molecule has 136 valence electrons. The highest BCUT2D eigenvalue weighted by Gasteiger charge is 2.24. The van der Waals surface area contributed by atoms with Gasteiger partial charge in [-0.1, -0.05) is 57.5 Å². The Balaban J connectivity index is 2.60. The second-order valence-electron chi connectivity index (χ2n) is 6.37. The largest absolute Gasteiger partial charge is 0.445 e. The van der Waals surface area contributed by atoms with Crippen molar-refractivity contribution in [3.05, 3.63) is 35.9 Å². The molecule has 6 nitrogen and oxygen atoms in total. The number of carbonyl (C=O) groups is 2. The van der Waals surface area contributed by atoms with E-state index >= 15 is 0 Å². The van der Waals surface area contributed by atoms with Crippen LogP contribution in [0.2, 0.25) is 0 Å². The molecule has 2 amide bonds. The average Bonchev–Trinajstić information content (AvgIpc) is 2.59. The maximum atomic E-state index is 12.4. The van der Waals surface area contributed by atoms with Crippen LogP contribution in [0.15, 0.2) is 30.3 Å². The van der Waals surface area contributed by atoms with Crippen LogP contribution in [-0.4, -0.2) is 24.1 Å². The molecule has 0 saturated heterocycles. The number of nitriles is 1. The molecule has 0 aliphatic heterocycles. The number of benzene rings is 1. The number of nitrogens with zero attached hydrogens (tertiary/aromatic N) is 1. The zero-order valence-corrected chi connectivity index (χ0v) is 15.1. The van der Waals surface area contributed by atoms with Crippen molar-refractivity contribution in [1.82, 2.24) is 10.6 Å². The monoisotopic (exact) mass is 345 g/mol. The minimum absolute atomic E-state index is 0.138. The summed E-state index contributed by atoms with van der Waals surface area (Å²) in [5.74, 6) is -0.151. The number of ether oxygens (including phenoxy) is 1. The molecule has 25 heavy (non-hydrogen) atoms. The van der Waals surface area contributed by atoms with Crippen LogP contribution in [0.5, 0.6) is 0 Å². The van der Waals surface area contributed by atoms with Crippen molar-refractivity contribution in [3.8, 4) is 6.07 Å². The summed E-state index contributed by atoms with van der Waals surface area (Å²) in [4.78, 5) is 24.4. The summed E-state index contributed by atoms with van der Waals surface area (Å²) in [6, 6.07) is 10.1. The molecule has 0 radical (unpaired) electrons. The quantitative estimate of drug-likeness (QED) is 0.719. The third-order valence-electron chi connectivity index (χ3n) is 3.58. The highest BCUT2D eigenvalue weighted by Crippen LogP contribution is 2.07. The highest BCUT2D eigenvalue weighted by molar-refractivity contribution is 5.86. The van der Waals surface area contributed by atoms with E-state index in [-0.39, 0.29) is 18.4 Å². The van der Waals surface area contributed by atoms with Crippen LogP contribution in [0, 0.1) is 17.2 Å². The second kappa shape index (κ2) is 11.1. The molecule has 2 N–H and O–H groups in total. The van der Waals surface area contributed by atoms with Gasteiger partial charge in [0.05, 0.1) is 6.07 Å². The Labute approximate surface area is 149 Å². The Morgan fingerprint density at radius 3 is 2.44 bits per heavy atom. The number of hydrogen-bond acceptors (Lipinski definition) is 4. The van der Waals surface area contributed by atoms with Gasteiger partial charge in [0.2, 0.25) is 5.91 Å². The molecule has 0 aromatic heterocycles. The number of amides is 2. The van der Waals surface area contributed by atoms with Crippen molar-refractivity contribution in [2.45, 2.75) is 58.7 Å². The van der Waals surface area contributed by atoms with E-state index in [9.17, 15) is 9.59 Å². The van der Waals surface area contributed by atoms with Crippen molar-refractivity contribution in [2.24, 2.45) is 5.92 Å².